The Morgan fingerprint density at radius 3 is 2.59 bits per heavy atom. The van der Waals surface area contributed by atoms with Crippen LogP contribution in [0.2, 0.25) is 0 Å². The number of ether oxygens (including phenoxy) is 1. The second kappa shape index (κ2) is 8.49. The van der Waals surface area contributed by atoms with Gasteiger partial charge in [0.2, 0.25) is 0 Å². The molecular weight excluding hydrogens is 384 g/mol. The molecule has 3 aromatic rings. The normalized spacial score (nSPS) is 12.9. The van der Waals surface area contributed by atoms with E-state index in [1.807, 2.05) is 65.6 Å². The van der Waals surface area contributed by atoms with Crippen molar-refractivity contribution in [3.63, 3.8) is 0 Å². The minimum Gasteiger partial charge on any atom is -0.497 e. The molecule has 2 heterocycles. The molecule has 5 nitrogen and oxygen atoms in total. The number of nitrogens with zero attached hydrogens (tertiary/aromatic N) is 1. The highest BCUT2D eigenvalue weighted by Gasteiger charge is 2.25. The highest BCUT2D eigenvalue weighted by atomic mass is 32.1. The van der Waals surface area contributed by atoms with Crippen LogP contribution >= 0.6 is 11.3 Å². The molecule has 0 saturated carbocycles. The summed E-state index contributed by atoms with van der Waals surface area (Å²) in [4.78, 5) is 29.0. The van der Waals surface area contributed by atoms with E-state index >= 15 is 0 Å². The third-order valence-corrected chi connectivity index (χ3v) is 6.25. The van der Waals surface area contributed by atoms with Gasteiger partial charge < -0.3 is 15.0 Å². The van der Waals surface area contributed by atoms with Crippen molar-refractivity contribution < 1.29 is 14.3 Å². The van der Waals surface area contributed by atoms with E-state index in [1.165, 1.54) is 16.2 Å². The van der Waals surface area contributed by atoms with Crippen molar-refractivity contribution in [1.82, 2.24) is 10.2 Å². The molecule has 0 saturated heterocycles. The van der Waals surface area contributed by atoms with E-state index in [0.717, 1.165) is 23.3 Å². The second-order valence-corrected chi connectivity index (χ2v) is 8.07. The molecule has 0 unspecified atom stereocenters. The summed E-state index contributed by atoms with van der Waals surface area (Å²) in [6.45, 7) is 1.68. The van der Waals surface area contributed by atoms with Crippen molar-refractivity contribution in [2.45, 2.75) is 19.5 Å². The molecule has 1 aromatic heterocycles. The Balaban J connectivity index is 1.39. The van der Waals surface area contributed by atoms with Gasteiger partial charge in [0, 0.05) is 30.1 Å². The first-order chi connectivity index (χ1) is 14.1. The number of methoxy groups -OCH3 is 1. The number of rotatable bonds is 5. The van der Waals surface area contributed by atoms with Crippen LogP contribution in [-0.2, 0) is 19.5 Å². The number of nitrogens with one attached hydrogen (secondary N) is 1. The average molecular weight is 407 g/mol. The Bertz CT molecular complexity index is 1010. The Labute approximate surface area is 173 Å². The SMILES string of the molecule is COc1ccc(CNC(=O)c2cc3c(s2)CCN(C(=O)c2ccccc2)C3)cc1. The molecular formula is C23H22N2O3S. The van der Waals surface area contributed by atoms with Gasteiger partial charge in [0.05, 0.1) is 12.0 Å². The van der Waals surface area contributed by atoms with Crippen LogP contribution in [-0.4, -0.2) is 30.4 Å². The monoisotopic (exact) mass is 406 g/mol. The molecule has 6 heteroatoms. The number of benzene rings is 2. The number of fused-ring (bicyclic) bond motifs is 1. The molecule has 0 bridgehead atoms. The fraction of sp³-hybridized carbons (Fsp3) is 0.217. The Morgan fingerprint density at radius 1 is 1.10 bits per heavy atom. The predicted octanol–water partition coefficient (Wildman–Crippen LogP) is 3.89. The van der Waals surface area contributed by atoms with Gasteiger partial charge in [-0.05, 0) is 47.9 Å². The Hall–Kier alpha value is -3.12. The summed E-state index contributed by atoms with van der Waals surface area (Å²) in [6, 6.07) is 18.9. The number of thiophene rings is 1. The van der Waals surface area contributed by atoms with Crippen LogP contribution in [0.3, 0.4) is 0 Å². The lowest BCUT2D eigenvalue weighted by Gasteiger charge is -2.27. The van der Waals surface area contributed by atoms with Gasteiger partial charge in [-0.2, -0.15) is 0 Å². The van der Waals surface area contributed by atoms with E-state index in [2.05, 4.69) is 5.32 Å². The van der Waals surface area contributed by atoms with E-state index in [9.17, 15) is 9.59 Å². The Kier molecular flexibility index (Phi) is 5.62. The largest absolute Gasteiger partial charge is 0.497 e. The van der Waals surface area contributed by atoms with E-state index < -0.39 is 0 Å². The van der Waals surface area contributed by atoms with Gasteiger partial charge in [-0.25, -0.2) is 0 Å². The molecule has 0 radical (unpaired) electrons. The fourth-order valence-corrected chi connectivity index (χ4v) is 4.47. The second-order valence-electron chi connectivity index (χ2n) is 6.93. The summed E-state index contributed by atoms with van der Waals surface area (Å²) in [5.74, 6) is 0.745. The number of carbonyl (C=O) groups excluding carboxylic acids is 2. The van der Waals surface area contributed by atoms with Crippen molar-refractivity contribution in [3.05, 3.63) is 87.1 Å². The molecule has 0 spiro atoms. The van der Waals surface area contributed by atoms with E-state index in [-0.39, 0.29) is 11.8 Å². The summed E-state index contributed by atoms with van der Waals surface area (Å²) in [6.07, 6.45) is 0.782. The molecule has 148 valence electrons. The fourth-order valence-electron chi connectivity index (χ4n) is 3.39. The predicted molar refractivity (Wildman–Crippen MR) is 113 cm³/mol. The van der Waals surface area contributed by atoms with E-state index in [0.29, 0.717) is 30.1 Å². The van der Waals surface area contributed by atoms with Gasteiger partial charge in [0.25, 0.3) is 11.8 Å². The Morgan fingerprint density at radius 2 is 1.86 bits per heavy atom. The molecule has 1 aliphatic rings. The van der Waals surface area contributed by atoms with Crippen molar-refractivity contribution in [2.75, 3.05) is 13.7 Å². The van der Waals surface area contributed by atoms with Gasteiger partial charge in [-0.1, -0.05) is 30.3 Å². The number of amides is 2. The summed E-state index contributed by atoms with van der Waals surface area (Å²) < 4.78 is 5.15. The molecule has 0 atom stereocenters. The van der Waals surface area contributed by atoms with Gasteiger partial charge in [0.1, 0.15) is 5.75 Å². The number of hydrogen-bond donors (Lipinski definition) is 1. The zero-order valence-corrected chi connectivity index (χ0v) is 17.0. The number of hydrogen-bond acceptors (Lipinski definition) is 4. The first-order valence-corrected chi connectivity index (χ1v) is 10.3. The van der Waals surface area contributed by atoms with E-state index in [1.54, 1.807) is 7.11 Å². The third kappa shape index (κ3) is 4.32. The lowest BCUT2D eigenvalue weighted by molar-refractivity contribution is 0.0736. The van der Waals surface area contributed by atoms with Crippen LogP contribution in [0.1, 0.15) is 36.0 Å². The van der Waals surface area contributed by atoms with Crippen LogP contribution in [0.15, 0.2) is 60.7 Å². The first kappa shape index (κ1) is 19.2. The zero-order chi connectivity index (χ0) is 20.2. The summed E-state index contributed by atoms with van der Waals surface area (Å²) in [7, 11) is 1.63. The summed E-state index contributed by atoms with van der Waals surface area (Å²) in [5, 5.41) is 2.97. The van der Waals surface area contributed by atoms with Gasteiger partial charge >= 0.3 is 0 Å². The number of carbonyl (C=O) groups is 2. The molecule has 2 amide bonds. The van der Waals surface area contributed by atoms with Crippen LogP contribution in [0, 0.1) is 0 Å². The summed E-state index contributed by atoms with van der Waals surface area (Å²) >= 11 is 1.52. The maximum atomic E-state index is 12.7. The minimum absolute atomic E-state index is 0.0351. The van der Waals surface area contributed by atoms with Crippen molar-refractivity contribution in [1.29, 1.82) is 0 Å². The maximum absolute atomic E-state index is 12.7. The molecule has 29 heavy (non-hydrogen) atoms. The topological polar surface area (TPSA) is 58.6 Å². The summed E-state index contributed by atoms with van der Waals surface area (Å²) in [5.41, 5.74) is 2.78. The van der Waals surface area contributed by atoms with Crippen LogP contribution in [0.25, 0.3) is 0 Å². The van der Waals surface area contributed by atoms with E-state index in [4.69, 9.17) is 4.74 Å². The average Bonchev–Trinajstić information content (AvgIpc) is 3.21. The molecule has 0 fully saturated rings. The van der Waals surface area contributed by atoms with Crippen molar-refractivity contribution >= 4 is 23.2 Å². The molecule has 1 aliphatic heterocycles. The highest BCUT2D eigenvalue weighted by Crippen LogP contribution is 2.29. The molecule has 0 aliphatic carbocycles. The van der Waals surface area contributed by atoms with Crippen LogP contribution < -0.4 is 10.1 Å². The van der Waals surface area contributed by atoms with Crippen LogP contribution in [0.4, 0.5) is 0 Å². The molecule has 4 rings (SSSR count). The maximum Gasteiger partial charge on any atom is 0.261 e. The van der Waals surface area contributed by atoms with Crippen LogP contribution in [0.5, 0.6) is 5.75 Å². The smallest absolute Gasteiger partial charge is 0.261 e. The van der Waals surface area contributed by atoms with Gasteiger partial charge in [-0.15, -0.1) is 11.3 Å². The molecule has 1 N–H and O–H groups in total. The van der Waals surface area contributed by atoms with Gasteiger partial charge in [0.15, 0.2) is 0 Å². The quantitative estimate of drug-likeness (QED) is 0.699. The zero-order valence-electron chi connectivity index (χ0n) is 16.2. The lowest BCUT2D eigenvalue weighted by Crippen LogP contribution is -2.35. The molecule has 2 aromatic carbocycles. The lowest BCUT2D eigenvalue weighted by atomic mass is 10.1. The van der Waals surface area contributed by atoms with Gasteiger partial charge in [-0.3, -0.25) is 9.59 Å². The standard InChI is InChI=1S/C23H22N2O3S/c1-28-19-9-7-16(8-10-19)14-24-22(26)21-13-18-15-25(12-11-20(18)29-21)23(27)17-5-3-2-4-6-17/h2-10,13H,11-12,14-15H2,1H3,(H,24,26). The van der Waals surface area contributed by atoms with Crippen molar-refractivity contribution in [3.8, 4) is 5.75 Å². The third-order valence-electron chi connectivity index (χ3n) is 5.01. The first-order valence-electron chi connectivity index (χ1n) is 9.51. The highest BCUT2D eigenvalue weighted by molar-refractivity contribution is 7.14. The van der Waals surface area contributed by atoms with Crippen molar-refractivity contribution in [2.24, 2.45) is 0 Å². The minimum atomic E-state index is -0.0823.